The van der Waals surface area contributed by atoms with Crippen molar-refractivity contribution in [2.45, 2.75) is 39.2 Å². The van der Waals surface area contributed by atoms with Crippen LogP contribution >= 0.6 is 15.9 Å². The van der Waals surface area contributed by atoms with Crippen molar-refractivity contribution in [2.75, 3.05) is 16.8 Å². The van der Waals surface area contributed by atoms with Crippen molar-refractivity contribution in [3.8, 4) is 0 Å². The topological polar surface area (TPSA) is 38.1 Å². The molecule has 0 radical (unpaired) electrons. The molecule has 1 saturated heterocycles. The van der Waals surface area contributed by atoms with E-state index < -0.39 is 0 Å². The minimum Gasteiger partial charge on any atom is -0.297 e. The molecule has 0 bridgehead atoms. The Labute approximate surface area is 116 Å². The zero-order valence-electron chi connectivity index (χ0n) is 11.0. The van der Waals surface area contributed by atoms with Crippen molar-refractivity contribution >= 4 is 27.7 Å². The van der Waals surface area contributed by atoms with Crippen LogP contribution in [0.3, 0.4) is 0 Å². The number of carbonyl (C=O) groups excluding carboxylic acids is 1. The van der Waals surface area contributed by atoms with E-state index in [-0.39, 0.29) is 5.91 Å². The van der Waals surface area contributed by atoms with Crippen molar-refractivity contribution in [1.82, 2.24) is 9.78 Å². The van der Waals surface area contributed by atoms with E-state index >= 15 is 0 Å². The highest BCUT2D eigenvalue weighted by molar-refractivity contribution is 9.09. The SMILES string of the molecule is CCCC(C)n1nccc1N1CC(CBr)CC1=O. The second-order valence-corrected chi connectivity index (χ2v) is 5.65. The second kappa shape index (κ2) is 5.87. The van der Waals surface area contributed by atoms with Crippen LogP contribution in [0.5, 0.6) is 0 Å². The van der Waals surface area contributed by atoms with Crippen LogP contribution in [-0.2, 0) is 4.79 Å². The molecule has 2 heterocycles. The Morgan fingerprint density at radius 1 is 1.61 bits per heavy atom. The van der Waals surface area contributed by atoms with E-state index in [9.17, 15) is 4.79 Å². The lowest BCUT2D eigenvalue weighted by atomic mass is 10.2. The molecule has 0 spiro atoms. The molecule has 0 aromatic carbocycles. The number of rotatable bonds is 5. The number of nitrogens with zero attached hydrogens (tertiary/aromatic N) is 3. The largest absolute Gasteiger partial charge is 0.297 e. The molecule has 1 aliphatic heterocycles. The number of alkyl halides is 1. The fourth-order valence-corrected chi connectivity index (χ4v) is 2.94. The highest BCUT2D eigenvalue weighted by Gasteiger charge is 2.32. The third kappa shape index (κ3) is 2.60. The smallest absolute Gasteiger partial charge is 0.228 e. The highest BCUT2D eigenvalue weighted by atomic mass is 79.9. The molecule has 1 amide bonds. The first-order valence-electron chi connectivity index (χ1n) is 6.57. The fourth-order valence-electron chi connectivity index (χ4n) is 2.51. The fraction of sp³-hybridized carbons (Fsp3) is 0.692. The minimum absolute atomic E-state index is 0.213. The summed E-state index contributed by atoms with van der Waals surface area (Å²) in [6, 6.07) is 2.29. The van der Waals surface area contributed by atoms with E-state index in [1.165, 1.54) is 0 Å². The van der Waals surface area contributed by atoms with Gasteiger partial charge in [0.15, 0.2) is 0 Å². The molecule has 4 nitrogen and oxygen atoms in total. The van der Waals surface area contributed by atoms with Crippen LogP contribution in [0.4, 0.5) is 5.82 Å². The summed E-state index contributed by atoms with van der Waals surface area (Å²) in [7, 11) is 0. The molecule has 5 heteroatoms. The zero-order chi connectivity index (χ0) is 13.1. The van der Waals surface area contributed by atoms with Gasteiger partial charge in [-0.15, -0.1) is 0 Å². The van der Waals surface area contributed by atoms with Crippen molar-refractivity contribution in [3.63, 3.8) is 0 Å². The zero-order valence-corrected chi connectivity index (χ0v) is 12.6. The standard InChI is InChI=1S/C13H20BrN3O/c1-3-4-10(2)17-12(5-6-15-17)16-9-11(8-14)7-13(16)18/h5-6,10-11H,3-4,7-9H2,1-2H3. The Kier molecular flexibility index (Phi) is 4.43. The highest BCUT2D eigenvalue weighted by Crippen LogP contribution is 2.28. The molecule has 0 N–H and O–H groups in total. The first kappa shape index (κ1) is 13.6. The molecule has 1 fully saturated rings. The van der Waals surface area contributed by atoms with Crippen molar-refractivity contribution in [2.24, 2.45) is 5.92 Å². The Morgan fingerprint density at radius 2 is 2.39 bits per heavy atom. The van der Waals surface area contributed by atoms with Crippen LogP contribution < -0.4 is 4.90 Å². The minimum atomic E-state index is 0.213. The van der Waals surface area contributed by atoms with E-state index in [4.69, 9.17) is 0 Å². The van der Waals surface area contributed by atoms with Crippen molar-refractivity contribution in [1.29, 1.82) is 0 Å². The van der Waals surface area contributed by atoms with Gasteiger partial charge in [0, 0.05) is 24.4 Å². The molecule has 2 unspecified atom stereocenters. The Bertz CT molecular complexity index is 418. The average molecular weight is 314 g/mol. The van der Waals surface area contributed by atoms with Gasteiger partial charge in [-0.05, 0) is 19.3 Å². The Balaban J connectivity index is 2.19. The average Bonchev–Trinajstić information content (AvgIpc) is 2.94. The maximum absolute atomic E-state index is 12.0. The van der Waals surface area contributed by atoms with Gasteiger partial charge in [-0.1, -0.05) is 29.3 Å². The predicted molar refractivity (Wildman–Crippen MR) is 76.1 cm³/mol. The summed E-state index contributed by atoms with van der Waals surface area (Å²) in [6.45, 7) is 5.12. The number of amides is 1. The van der Waals surface area contributed by atoms with Gasteiger partial charge in [0.2, 0.25) is 5.91 Å². The van der Waals surface area contributed by atoms with E-state index in [0.717, 1.165) is 30.5 Å². The number of hydrogen-bond acceptors (Lipinski definition) is 2. The molecule has 0 aliphatic carbocycles. The van der Waals surface area contributed by atoms with Crippen LogP contribution in [0.15, 0.2) is 12.3 Å². The number of halogens is 1. The molecule has 2 rings (SSSR count). The van der Waals surface area contributed by atoms with Crippen molar-refractivity contribution < 1.29 is 4.79 Å². The van der Waals surface area contributed by atoms with Gasteiger partial charge in [-0.3, -0.25) is 9.69 Å². The van der Waals surface area contributed by atoms with Gasteiger partial charge >= 0.3 is 0 Å². The molecule has 1 aromatic rings. The maximum Gasteiger partial charge on any atom is 0.228 e. The monoisotopic (exact) mass is 313 g/mol. The van der Waals surface area contributed by atoms with Gasteiger partial charge in [0.1, 0.15) is 5.82 Å². The van der Waals surface area contributed by atoms with E-state index in [1.54, 1.807) is 6.20 Å². The number of aromatic nitrogens is 2. The lowest BCUT2D eigenvalue weighted by Crippen LogP contribution is -2.28. The van der Waals surface area contributed by atoms with Gasteiger partial charge < -0.3 is 0 Å². The Morgan fingerprint density at radius 3 is 3.00 bits per heavy atom. The van der Waals surface area contributed by atoms with E-state index in [1.807, 2.05) is 15.6 Å². The molecular weight excluding hydrogens is 294 g/mol. The molecule has 0 saturated carbocycles. The number of carbonyl (C=O) groups is 1. The summed E-state index contributed by atoms with van der Waals surface area (Å²) in [5, 5.41) is 5.26. The summed E-state index contributed by atoms with van der Waals surface area (Å²) in [5.74, 6) is 1.58. The lowest BCUT2D eigenvalue weighted by molar-refractivity contribution is -0.117. The van der Waals surface area contributed by atoms with E-state index in [0.29, 0.717) is 18.4 Å². The molecule has 1 aromatic heterocycles. The van der Waals surface area contributed by atoms with Gasteiger partial charge in [0.25, 0.3) is 0 Å². The molecule has 1 aliphatic rings. The second-order valence-electron chi connectivity index (χ2n) is 5.00. The predicted octanol–water partition coefficient (Wildman–Crippen LogP) is 2.99. The van der Waals surface area contributed by atoms with E-state index in [2.05, 4.69) is 34.9 Å². The molecule has 100 valence electrons. The maximum atomic E-state index is 12.0. The first-order chi connectivity index (χ1) is 8.67. The van der Waals surface area contributed by atoms with Gasteiger partial charge in [0.05, 0.1) is 12.2 Å². The first-order valence-corrected chi connectivity index (χ1v) is 7.69. The van der Waals surface area contributed by atoms with Crippen LogP contribution in [0, 0.1) is 5.92 Å². The van der Waals surface area contributed by atoms with Crippen LogP contribution in [-0.4, -0.2) is 27.6 Å². The number of hydrogen-bond donors (Lipinski definition) is 0. The summed E-state index contributed by atoms with van der Waals surface area (Å²) >= 11 is 3.47. The van der Waals surface area contributed by atoms with Crippen molar-refractivity contribution in [3.05, 3.63) is 12.3 Å². The normalized spacial score (nSPS) is 21.6. The Hall–Kier alpha value is -0.840. The third-order valence-electron chi connectivity index (χ3n) is 3.47. The van der Waals surface area contributed by atoms with Crippen LogP contribution in [0.25, 0.3) is 0 Å². The summed E-state index contributed by atoms with van der Waals surface area (Å²) in [4.78, 5) is 13.9. The van der Waals surface area contributed by atoms with Crippen LogP contribution in [0.1, 0.15) is 39.2 Å². The van der Waals surface area contributed by atoms with Gasteiger partial charge in [-0.25, -0.2) is 4.68 Å². The quantitative estimate of drug-likeness (QED) is 0.784. The molecule has 18 heavy (non-hydrogen) atoms. The lowest BCUT2D eigenvalue weighted by Gasteiger charge is -2.21. The van der Waals surface area contributed by atoms with Gasteiger partial charge in [-0.2, -0.15) is 5.10 Å². The summed E-state index contributed by atoms with van der Waals surface area (Å²) in [5.41, 5.74) is 0. The molecule has 2 atom stereocenters. The number of anilines is 1. The summed E-state index contributed by atoms with van der Waals surface area (Å²) in [6.07, 6.45) is 4.63. The third-order valence-corrected chi connectivity index (χ3v) is 4.39. The molecular formula is C13H20BrN3O. The van der Waals surface area contributed by atoms with Crippen LogP contribution in [0.2, 0.25) is 0 Å². The summed E-state index contributed by atoms with van der Waals surface area (Å²) < 4.78 is 1.98.